The molecule has 120 valence electrons. The molecule has 1 aromatic rings. The highest BCUT2D eigenvalue weighted by Crippen LogP contribution is 2.43. The van der Waals surface area contributed by atoms with Crippen LogP contribution in [0.4, 0.5) is 0 Å². The Kier molecular flexibility index (Phi) is 3.85. The summed E-state index contributed by atoms with van der Waals surface area (Å²) in [4.78, 5) is 24.2. The van der Waals surface area contributed by atoms with E-state index in [1.807, 2.05) is 0 Å². The van der Waals surface area contributed by atoms with Gasteiger partial charge >= 0.3 is 0 Å². The van der Waals surface area contributed by atoms with Gasteiger partial charge in [0.2, 0.25) is 0 Å². The van der Waals surface area contributed by atoms with Gasteiger partial charge in [-0.15, -0.1) is 10.2 Å². The van der Waals surface area contributed by atoms with E-state index in [1.54, 1.807) is 0 Å². The zero-order valence-corrected chi connectivity index (χ0v) is 12.3. The number of phenols is 2. The maximum atomic E-state index is 12.2. The quantitative estimate of drug-likeness (QED) is 0.572. The molecular weight excluding hydrogens is 300 g/mol. The number of hydrogen-bond donors (Lipinski definition) is 3. The van der Waals surface area contributed by atoms with Crippen molar-refractivity contribution in [3.05, 3.63) is 35.2 Å². The molecule has 7 heteroatoms. The predicted molar refractivity (Wildman–Crippen MR) is 79.1 cm³/mol. The van der Waals surface area contributed by atoms with Crippen molar-refractivity contribution in [2.45, 2.75) is 25.7 Å². The summed E-state index contributed by atoms with van der Waals surface area (Å²) >= 11 is 0. The number of amides is 1. The number of azo groups is 1. The second-order valence-corrected chi connectivity index (χ2v) is 5.80. The predicted octanol–water partition coefficient (Wildman–Crippen LogP) is 2.85. The van der Waals surface area contributed by atoms with Crippen LogP contribution >= 0.6 is 0 Å². The van der Waals surface area contributed by atoms with Crippen LogP contribution in [0, 0.1) is 11.8 Å². The standard InChI is InChI=1S/C16H16N2O5/c19-11-6-5-8(7-12(11)20)16(23)18-17-13-14(21)9-3-1-2-4-10(9)15(13)22/h5-7,9-10,19-21H,1-4H2. The van der Waals surface area contributed by atoms with Crippen molar-refractivity contribution in [2.75, 3.05) is 0 Å². The number of ketones is 1. The molecule has 2 aliphatic rings. The average Bonchev–Trinajstić information content (AvgIpc) is 2.80. The van der Waals surface area contributed by atoms with Gasteiger partial charge < -0.3 is 15.3 Å². The molecule has 3 rings (SSSR count). The fourth-order valence-electron chi connectivity index (χ4n) is 3.16. The molecule has 2 unspecified atom stereocenters. The molecule has 0 aliphatic heterocycles. The van der Waals surface area contributed by atoms with Crippen LogP contribution in [0.1, 0.15) is 36.0 Å². The number of allylic oxidation sites excluding steroid dienone is 2. The number of hydrogen-bond acceptors (Lipinski definition) is 6. The van der Waals surface area contributed by atoms with E-state index >= 15 is 0 Å². The smallest absolute Gasteiger partial charge is 0.295 e. The second-order valence-electron chi connectivity index (χ2n) is 5.80. The first-order valence-corrected chi connectivity index (χ1v) is 7.44. The van der Waals surface area contributed by atoms with Gasteiger partial charge in [0.15, 0.2) is 23.0 Å². The first-order chi connectivity index (χ1) is 11.0. The van der Waals surface area contributed by atoms with E-state index < -0.39 is 11.7 Å². The van der Waals surface area contributed by atoms with Crippen molar-refractivity contribution in [3.8, 4) is 11.5 Å². The van der Waals surface area contributed by atoms with E-state index in [0.717, 1.165) is 31.4 Å². The minimum atomic E-state index is -0.775. The molecule has 1 fully saturated rings. The highest BCUT2D eigenvalue weighted by Gasteiger charge is 2.43. The van der Waals surface area contributed by atoms with Crippen LogP contribution in [0.3, 0.4) is 0 Å². The number of nitrogens with zero attached hydrogens (tertiary/aromatic N) is 2. The normalized spacial score (nSPS) is 24.3. The molecule has 23 heavy (non-hydrogen) atoms. The summed E-state index contributed by atoms with van der Waals surface area (Å²) in [6.07, 6.45) is 3.35. The van der Waals surface area contributed by atoms with Gasteiger partial charge in [0.05, 0.1) is 0 Å². The Morgan fingerprint density at radius 2 is 1.74 bits per heavy atom. The fourth-order valence-corrected chi connectivity index (χ4v) is 3.16. The molecule has 0 bridgehead atoms. The van der Waals surface area contributed by atoms with Crippen molar-refractivity contribution in [3.63, 3.8) is 0 Å². The van der Waals surface area contributed by atoms with Crippen LogP contribution in [0.2, 0.25) is 0 Å². The first kappa shape index (κ1) is 15.2. The van der Waals surface area contributed by atoms with Crippen LogP contribution in [-0.4, -0.2) is 27.0 Å². The number of carbonyl (C=O) groups excluding carboxylic acids is 2. The van der Waals surface area contributed by atoms with Gasteiger partial charge in [0.25, 0.3) is 5.91 Å². The summed E-state index contributed by atoms with van der Waals surface area (Å²) in [7, 11) is 0. The van der Waals surface area contributed by atoms with Crippen LogP contribution in [0.5, 0.6) is 11.5 Å². The summed E-state index contributed by atoms with van der Waals surface area (Å²) in [5.41, 5.74) is -0.120. The lowest BCUT2D eigenvalue weighted by molar-refractivity contribution is -0.120. The largest absolute Gasteiger partial charge is 0.510 e. The van der Waals surface area contributed by atoms with E-state index in [2.05, 4.69) is 10.2 Å². The molecule has 0 spiro atoms. The van der Waals surface area contributed by atoms with Crippen molar-refractivity contribution in [1.82, 2.24) is 0 Å². The number of carbonyl (C=O) groups is 2. The number of aliphatic hydroxyl groups is 1. The summed E-state index contributed by atoms with van der Waals surface area (Å²) in [5, 5.41) is 35.8. The van der Waals surface area contributed by atoms with Crippen LogP contribution in [0.25, 0.3) is 0 Å². The summed E-state index contributed by atoms with van der Waals surface area (Å²) in [6.45, 7) is 0. The van der Waals surface area contributed by atoms with Gasteiger partial charge in [-0.1, -0.05) is 12.8 Å². The van der Waals surface area contributed by atoms with Gasteiger partial charge in [0, 0.05) is 17.4 Å². The molecule has 3 N–H and O–H groups in total. The number of aliphatic hydroxyl groups excluding tert-OH is 1. The summed E-state index contributed by atoms with van der Waals surface area (Å²) in [6, 6.07) is 3.49. The number of aromatic hydroxyl groups is 2. The molecule has 2 aliphatic carbocycles. The molecule has 0 radical (unpaired) electrons. The fraction of sp³-hybridized carbons (Fsp3) is 0.375. The van der Waals surface area contributed by atoms with Gasteiger partial charge in [-0.05, 0) is 31.0 Å². The lowest BCUT2D eigenvalue weighted by Gasteiger charge is -2.23. The third kappa shape index (κ3) is 2.69. The van der Waals surface area contributed by atoms with Crippen LogP contribution < -0.4 is 0 Å². The molecule has 1 aromatic carbocycles. The summed E-state index contributed by atoms with van der Waals surface area (Å²) in [5.74, 6) is -2.39. The maximum Gasteiger partial charge on any atom is 0.295 e. The summed E-state index contributed by atoms with van der Waals surface area (Å²) < 4.78 is 0. The maximum absolute atomic E-state index is 12.2. The third-order valence-corrected chi connectivity index (χ3v) is 4.39. The Labute approximate surface area is 132 Å². The number of phenolic OH excluding ortho intramolecular Hbond substituents is 2. The highest BCUT2D eigenvalue weighted by atomic mass is 16.3. The van der Waals surface area contributed by atoms with E-state index in [1.165, 1.54) is 6.07 Å². The van der Waals surface area contributed by atoms with Gasteiger partial charge in [-0.2, -0.15) is 0 Å². The van der Waals surface area contributed by atoms with Crippen molar-refractivity contribution >= 4 is 11.7 Å². The Bertz CT molecular complexity index is 738. The zero-order chi connectivity index (χ0) is 16.6. The molecule has 0 saturated heterocycles. The van der Waals surface area contributed by atoms with E-state index in [4.69, 9.17) is 0 Å². The lowest BCUT2D eigenvalue weighted by atomic mass is 9.80. The van der Waals surface area contributed by atoms with Gasteiger partial charge in [-0.25, -0.2) is 0 Å². The topological polar surface area (TPSA) is 120 Å². The monoisotopic (exact) mass is 316 g/mol. The van der Waals surface area contributed by atoms with Crippen molar-refractivity contribution in [2.24, 2.45) is 22.1 Å². The van der Waals surface area contributed by atoms with E-state index in [0.29, 0.717) is 6.42 Å². The Morgan fingerprint density at radius 1 is 1.04 bits per heavy atom. The van der Waals surface area contributed by atoms with Crippen molar-refractivity contribution in [1.29, 1.82) is 0 Å². The van der Waals surface area contributed by atoms with Gasteiger partial charge in [-0.3, -0.25) is 9.59 Å². The highest BCUT2D eigenvalue weighted by molar-refractivity contribution is 6.01. The Hall–Kier alpha value is -2.70. The van der Waals surface area contributed by atoms with Gasteiger partial charge in [0.1, 0.15) is 5.76 Å². The number of Topliss-reactive ketones (excluding diaryl/α,β-unsaturated/α-hetero) is 1. The van der Waals surface area contributed by atoms with E-state index in [9.17, 15) is 24.9 Å². The number of benzene rings is 1. The Morgan fingerprint density at radius 3 is 2.39 bits per heavy atom. The molecular formula is C16H16N2O5. The molecule has 1 saturated carbocycles. The number of rotatable bonds is 2. The van der Waals surface area contributed by atoms with Crippen LogP contribution in [-0.2, 0) is 4.79 Å². The van der Waals surface area contributed by atoms with Crippen molar-refractivity contribution < 1.29 is 24.9 Å². The minimum absolute atomic E-state index is 0.0204. The molecule has 0 aromatic heterocycles. The first-order valence-electron chi connectivity index (χ1n) is 7.44. The molecule has 0 heterocycles. The minimum Gasteiger partial charge on any atom is -0.510 e. The molecule has 7 nitrogen and oxygen atoms in total. The SMILES string of the molecule is O=C(N=NC1=C(O)C2CCCCC2C1=O)c1ccc(O)c(O)c1. The third-order valence-electron chi connectivity index (χ3n) is 4.39. The lowest BCUT2D eigenvalue weighted by Crippen LogP contribution is -2.21. The average molecular weight is 316 g/mol. The Balaban J connectivity index is 1.81. The number of fused-ring (bicyclic) bond motifs is 1. The molecule has 2 atom stereocenters. The van der Waals surface area contributed by atoms with E-state index in [-0.39, 0.29) is 40.4 Å². The second kappa shape index (κ2) is 5.83. The van der Waals surface area contributed by atoms with Crippen LogP contribution in [0.15, 0.2) is 39.9 Å². The molecule has 1 amide bonds. The zero-order valence-electron chi connectivity index (χ0n) is 12.3.